The molecule has 0 saturated heterocycles. The van der Waals surface area contributed by atoms with Gasteiger partial charge in [0, 0.05) is 17.6 Å². The highest BCUT2D eigenvalue weighted by Gasteiger charge is 2.28. The molecule has 2 aromatic rings. The maximum absolute atomic E-state index is 12.4. The third kappa shape index (κ3) is 3.13. The van der Waals surface area contributed by atoms with Crippen molar-refractivity contribution in [2.24, 2.45) is 11.8 Å². The van der Waals surface area contributed by atoms with Crippen LogP contribution in [-0.2, 0) is 11.2 Å². The van der Waals surface area contributed by atoms with Crippen molar-refractivity contribution in [3.63, 3.8) is 0 Å². The van der Waals surface area contributed by atoms with Crippen LogP contribution >= 0.6 is 0 Å². The van der Waals surface area contributed by atoms with Crippen molar-refractivity contribution in [3.8, 4) is 0 Å². The molecular weight excluding hydrogens is 272 g/mol. The van der Waals surface area contributed by atoms with Gasteiger partial charge in [0.25, 0.3) is 0 Å². The summed E-state index contributed by atoms with van der Waals surface area (Å²) in [4.78, 5) is 16.9. The lowest BCUT2D eigenvalue weighted by molar-refractivity contribution is -0.121. The number of para-hydroxylation sites is 1. The van der Waals surface area contributed by atoms with Gasteiger partial charge in [-0.1, -0.05) is 51.0 Å². The highest BCUT2D eigenvalue weighted by Crippen LogP contribution is 2.29. The predicted octanol–water partition coefficient (Wildman–Crippen LogP) is 3.72. The zero-order chi connectivity index (χ0) is 15.5. The molecule has 1 aromatic carbocycles. The average Bonchev–Trinajstić information content (AvgIpc) is 2.52. The molecule has 0 aliphatic heterocycles. The van der Waals surface area contributed by atoms with E-state index in [0.29, 0.717) is 24.3 Å². The standard InChI is InChI=1S/C19H24N2O/c1-13-6-3-10-17(14(13)2)21-18(22)12-16-8-4-7-15-9-5-11-20-19(15)16/h4-5,7-9,11,13-14,17H,3,6,10,12H2,1-2H3,(H,21,22)/t13-,14-,17+/m1/s1. The molecule has 1 aromatic heterocycles. The SMILES string of the molecule is C[C@@H]1[C@H](C)CCC[C@@H]1NC(=O)Cc1cccc2cccnc12. The summed E-state index contributed by atoms with van der Waals surface area (Å²) in [6.45, 7) is 4.55. The lowest BCUT2D eigenvalue weighted by Gasteiger charge is -2.34. The maximum Gasteiger partial charge on any atom is 0.224 e. The Labute approximate surface area is 132 Å². The summed E-state index contributed by atoms with van der Waals surface area (Å²) in [6.07, 6.45) is 5.79. The third-order valence-corrected chi connectivity index (χ3v) is 5.12. The molecule has 1 saturated carbocycles. The zero-order valence-corrected chi connectivity index (χ0v) is 13.4. The van der Waals surface area contributed by atoms with Crippen LogP contribution < -0.4 is 5.32 Å². The van der Waals surface area contributed by atoms with Crippen LogP contribution in [0, 0.1) is 11.8 Å². The van der Waals surface area contributed by atoms with Crippen LogP contribution in [0.3, 0.4) is 0 Å². The third-order valence-electron chi connectivity index (χ3n) is 5.12. The summed E-state index contributed by atoms with van der Waals surface area (Å²) < 4.78 is 0. The smallest absolute Gasteiger partial charge is 0.224 e. The molecule has 1 fully saturated rings. The molecule has 1 amide bonds. The van der Waals surface area contributed by atoms with E-state index in [1.807, 2.05) is 30.3 Å². The fourth-order valence-corrected chi connectivity index (χ4v) is 3.53. The average molecular weight is 296 g/mol. The van der Waals surface area contributed by atoms with Crippen LogP contribution in [0.4, 0.5) is 0 Å². The van der Waals surface area contributed by atoms with Crippen LogP contribution in [0.1, 0.15) is 38.7 Å². The summed E-state index contributed by atoms with van der Waals surface area (Å²) in [5.41, 5.74) is 1.94. The van der Waals surface area contributed by atoms with E-state index < -0.39 is 0 Å². The molecule has 116 valence electrons. The highest BCUT2D eigenvalue weighted by atomic mass is 16.1. The van der Waals surface area contributed by atoms with E-state index in [9.17, 15) is 4.79 Å². The number of carbonyl (C=O) groups excluding carboxylic acids is 1. The lowest BCUT2D eigenvalue weighted by Crippen LogP contribution is -2.44. The van der Waals surface area contributed by atoms with E-state index in [1.165, 1.54) is 12.8 Å². The lowest BCUT2D eigenvalue weighted by atomic mass is 9.78. The minimum Gasteiger partial charge on any atom is -0.353 e. The molecule has 3 atom stereocenters. The molecule has 0 bridgehead atoms. The molecule has 1 heterocycles. The van der Waals surface area contributed by atoms with Gasteiger partial charge in [0.1, 0.15) is 0 Å². The van der Waals surface area contributed by atoms with Crippen molar-refractivity contribution in [1.29, 1.82) is 0 Å². The van der Waals surface area contributed by atoms with E-state index in [2.05, 4.69) is 24.1 Å². The normalized spacial score (nSPS) is 25.1. The summed E-state index contributed by atoms with van der Waals surface area (Å²) in [5, 5.41) is 4.34. The Morgan fingerprint density at radius 2 is 2.05 bits per heavy atom. The van der Waals surface area contributed by atoms with E-state index in [-0.39, 0.29) is 5.91 Å². The van der Waals surface area contributed by atoms with Gasteiger partial charge < -0.3 is 5.32 Å². The zero-order valence-electron chi connectivity index (χ0n) is 13.4. The van der Waals surface area contributed by atoms with Crippen LogP contribution in [0.2, 0.25) is 0 Å². The second-order valence-corrected chi connectivity index (χ2v) is 6.61. The van der Waals surface area contributed by atoms with Crippen molar-refractivity contribution in [2.75, 3.05) is 0 Å². The predicted molar refractivity (Wildman–Crippen MR) is 89.6 cm³/mol. The number of hydrogen-bond donors (Lipinski definition) is 1. The number of carbonyl (C=O) groups is 1. The Balaban J connectivity index is 1.71. The Hall–Kier alpha value is -1.90. The largest absolute Gasteiger partial charge is 0.353 e. The maximum atomic E-state index is 12.4. The van der Waals surface area contributed by atoms with E-state index in [4.69, 9.17) is 0 Å². The number of hydrogen-bond acceptors (Lipinski definition) is 2. The molecule has 0 spiro atoms. The fraction of sp³-hybridized carbons (Fsp3) is 0.474. The monoisotopic (exact) mass is 296 g/mol. The molecule has 3 heteroatoms. The number of aromatic nitrogens is 1. The number of pyridine rings is 1. The second-order valence-electron chi connectivity index (χ2n) is 6.61. The van der Waals surface area contributed by atoms with Crippen molar-refractivity contribution in [3.05, 3.63) is 42.1 Å². The van der Waals surface area contributed by atoms with Crippen LogP contribution in [0.5, 0.6) is 0 Å². The van der Waals surface area contributed by atoms with Gasteiger partial charge in [0.2, 0.25) is 5.91 Å². The number of nitrogens with zero attached hydrogens (tertiary/aromatic N) is 1. The van der Waals surface area contributed by atoms with Gasteiger partial charge in [-0.2, -0.15) is 0 Å². The Bertz CT molecular complexity index is 662. The number of benzene rings is 1. The van der Waals surface area contributed by atoms with Gasteiger partial charge in [-0.05, 0) is 29.9 Å². The Morgan fingerprint density at radius 1 is 1.23 bits per heavy atom. The fourth-order valence-electron chi connectivity index (χ4n) is 3.53. The molecule has 1 aliphatic carbocycles. The summed E-state index contributed by atoms with van der Waals surface area (Å²) >= 11 is 0. The van der Waals surface area contributed by atoms with Gasteiger partial charge in [-0.25, -0.2) is 0 Å². The summed E-state index contributed by atoms with van der Waals surface area (Å²) in [6, 6.07) is 10.3. The Morgan fingerprint density at radius 3 is 2.91 bits per heavy atom. The summed E-state index contributed by atoms with van der Waals surface area (Å²) in [7, 11) is 0. The van der Waals surface area contributed by atoms with E-state index in [1.54, 1.807) is 6.20 Å². The molecule has 22 heavy (non-hydrogen) atoms. The topological polar surface area (TPSA) is 42.0 Å². The van der Waals surface area contributed by atoms with Crippen LogP contribution in [0.15, 0.2) is 36.5 Å². The quantitative estimate of drug-likeness (QED) is 0.938. The number of amides is 1. The molecular formula is C19H24N2O. The molecule has 0 radical (unpaired) electrons. The van der Waals surface area contributed by atoms with E-state index >= 15 is 0 Å². The Kier molecular flexibility index (Phi) is 4.41. The molecule has 1 aliphatic rings. The highest BCUT2D eigenvalue weighted by molar-refractivity contribution is 5.87. The van der Waals surface area contributed by atoms with Gasteiger partial charge in [-0.3, -0.25) is 9.78 Å². The minimum absolute atomic E-state index is 0.115. The van der Waals surface area contributed by atoms with Gasteiger partial charge in [0.05, 0.1) is 11.9 Å². The molecule has 3 nitrogen and oxygen atoms in total. The minimum atomic E-state index is 0.115. The first-order chi connectivity index (χ1) is 10.6. The van der Waals surface area contributed by atoms with Crippen molar-refractivity contribution >= 4 is 16.8 Å². The molecule has 0 unspecified atom stereocenters. The van der Waals surface area contributed by atoms with Crippen LogP contribution in [-0.4, -0.2) is 16.9 Å². The number of fused-ring (bicyclic) bond motifs is 1. The second kappa shape index (κ2) is 6.47. The first-order valence-electron chi connectivity index (χ1n) is 8.27. The van der Waals surface area contributed by atoms with Gasteiger partial charge in [-0.15, -0.1) is 0 Å². The van der Waals surface area contributed by atoms with Crippen molar-refractivity contribution in [1.82, 2.24) is 10.3 Å². The van der Waals surface area contributed by atoms with Crippen molar-refractivity contribution < 1.29 is 4.79 Å². The number of nitrogens with one attached hydrogen (secondary N) is 1. The summed E-state index contributed by atoms with van der Waals surface area (Å²) in [5.74, 6) is 1.37. The van der Waals surface area contributed by atoms with Crippen molar-refractivity contribution in [2.45, 2.75) is 45.6 Å². The first-order valence-corrected chi connectivity index (χ1v) is 8.27. The van der Waals surface area contributed by atoms with Gasteiger partial charge >= 0.3 is 0 Å². The molecule has 3 rings (SSSR count). The van der Waals surface area contributed by atoms with Crippen LogP contribution in [0.25, 0.3) is 10.9 Å². The van der Waals surface area contributed by atoms with E-state index in [0.717, 1.165) is 22.9 Å². The number of rotatable bonds is 3. The van der Waals surface area contributed by atoms with Gasteiger partial charge in [0.15, 0.2) is 0 Å². The molecule has 1 N–H and O–H groups in total. The first kappa shape index (κ1) is 15.0.